The highest BCUT2D eigenvalue weighted by atomic mass is 16.4. The van der Waals surface area contributed by atoms with Gasteiger partial charge in [0.1, 0.15) is 33.7 Å². The van der Waals surface area contributed by atoms with Crippen LogP contribution in [0.3, 0.4) is 0 Å². The van der Waals surface area contributed by atoms with Crippen LogP contribution in [-0.4, -0.2) is 61.5 Å². The fourth-order valence-electron chi connectivity index (χ4n) is 9.08. The number of hydrogen-bond donors (Lipinski definition) is 11. The Morgan fingerprint density at radius 3 is 1.67 bits per heavy atom. The number of nitrogens with zero attached hydrogens (tertiary/aromatic N) is 2. The lowest BCUT2D eigenvalue weighted by Crippen LogP contribution is -2.14. The number of aromatic hydroxyl groups is 10. The molecule has 11 rings (SSSR count). The lowest BCUT2D eigenvalue weighted by Gasteiger charge is -2.15. The van der Waals surface area contributed by atoms with Crippen LogP contribution in [0.4, 0.5) is 0 Å². The summed E-state index contributed by atoms with van der Waals surface area (Å²) >= 11 is 0. The molecule has 12 N–H and O–H groups in total. The number of amidine groups is 1. The highest BCUT2D eigenvalue weighted by Crippen LogP contribution is 2.54. The number of fused-ring (bicyclic) bond motifs is 9. The second-order valence-corrected chi connectivity index (χ2v) is 16.0. The second-order valence-electron chi connectivity index (χ2n) is 16.0. The van der Waals surface area contributed by atoms with Gasteiger partial charge in [-0.25, -0.2) is 4.99 Å². The molecule has 0 aliphatic heterocycles. The Morgan fingerprint density at radius 2 is 1.03 bits per heavy atom. The fourth-order valence-corrected chi connectivity index (χ4v) is 9.08. The Morgan fingerprint density at radius 1 is 0.478 bits per heavy atom. The highest BCUT2D eigenvalue weighted by molar-refractivity contribution is 6.15. The molecule has 0 radical (unpaired) electrons. The molecule has 0 fully saturated rings. The molecule has 0 bridgehead atoms. The van der Waals surface area contributed by atoms with Gasteiger partial charge in [0.25, 0.3) is 0 Å². The number of phenolic OH excluding ortho intramolecular Hbond substituents is 10. The van der Waals surface area contributed by atoms with Gasteiger partial charge in [-0.1, -0.05) is 72.8 Å². The Bertz CT molecular complexity index is 3880. The first kappa shape index (κ1) is 40.2. The van der Waals surface area contributed by atoms with Crippen LogP contribution in [0.2, 0.25) is 0 Å². The van der Waals surface area contributed by atoms with Crippen LogP contribution in [0.1, 0.15) is 16.7 Å². The van der Waals surface area contributed by atoms with Crippen molar-refractivity contribution in [2.24, 2.45) is 10.7 Å². The van der Waals surface area contributed by atoms with Crippen molar-refractivity contribution in [3.8, 4) is 74.3 Å². The molecule has 3 aromatic heterocycles. The molecule has 3 heterocycles. The predicted octanol–water partition coefficient (Wildman–Crippen LogP) is 10.3. The third-order valence-electron chi connectivity index (χ3n) is 12.2. The summed E-state index contributed by atoms with van der Waals surface area (Å²) < 4.78 is 15.1. The third-order valence-corrected chi connectivity index (χ3v) is 12.2. The minimum absolute atomic E-state index is 0.0795. The Hall–Kier alpha value is -9.63. The van der Waals surface area contributed by atoms with Crippen LogP contribution in [0.5, 0.6) is 57.5 Å². The highest BCUT2D eigenvalue weighted by Gasteiger charge is 2.29. The van der Waals surface area contributed by atoms with Gasteiger partial charge in [-0.3, -0.25) is 0 Å². The second kappa shape index (κ2) is 14.7. The van der Waals surface area contributed by atoms with Crippen molar-refractivity contribution < 1.29 is 59.9 Å². The molecule has 8 aromatic carbocycles. The van der Waals surface area contributed by atoms with E-state index < -0.39 is 80.2 Å². The Labute approximate surface area is 376 Å². The first-order chi connectivity index (χ1) is 32.3. The average Bonchev–Trinajstić information content (AvgIpc) is 4.02. The molecule has 0 atom stereocenters. The van der Waals surface area contributed by atoms with Gasteiger partial charge in [-0.05, 0) is 71.6 Å². The maximum Gasteiger partial charge on any atom is 0.208 e. The minimum atomic E-state index is -1.26. The SMILES string of the molecule is NC(=N/C(=C\Cc1cccc2oc3ccc(-c4cccc5oc6cc(-n7c8ccccc8c8ccccc87)ccc6c45)cc3c12)c1c(O)c(O)c(O)c(O)c1O)c1c(O)c(O)c(O)c(O)c1O. The van der Waals surface area contributed by atoms with Crippen molar-refractivity contribution in [3.63, 3.8) is 0 Å². The largest absolute Gasteiger partial charge is 0.504 e. The molecule has 0 spiro atoms. The molecule has 11 aromatic rings. The smallest absolute Gasteiger partial charge is 0.208 e. The number of aliphatic imine (C=N–C) groups is 1. The molecule has 0 aliphatic carbocycles. The van der Waals surface area contributed by atoms with Crippen molar-refractivity contribution in [2.75, 3.05) is 0 Å². The van der Waals surface area contributed by atoms with Gasteiger partial charge in [0.15, 0.2) is 23.0 Å². The summed E-state index contributed by atoms with van der Waals surface area (Å²) in [5.41, 5.74) is 12.0. The first-order valence-electron chi connectivity index (χ1n) is 20.6. The molecule has 67 heavy (non-hydrogen) atoms. The zero-order valence-electron chi connectivity index (χ0n) is 34.6. The van der Waals surface area contributed by atoms with Crippen molar-refractivity contribution in [2.45, 2.75) is 6.42 Å². The summed E-state index contributed by atoms with van der Waals surface area (Å²) in [5.74, 6) is -12.9. The third kappa shape index (κ3) is 5.95. The summed E-state index contributed by atoms with van der Waals surface area (Å²) in [5, 5.41) is 110. The van der Waals surface area contributed by atoms with E-state index in [1.807, 2.05) is 60.7 Å². The van der Waals surface area contributed by atoms with Crippen LogP contribution in [0.25, 0.3) is 88.2 Å². The fraction of sp³-hybridized carbons (Fsp3) is 0.0192. The monoisotopic (exact) mass is 893 g/mol. The first-order valence-corrected chi connectivity index (χ1v) is 20.6. The molecule has 0 saturated carbocycles. The van der Waals surface area contributed by atoms with Crippen molar-refractivity contribution >= 4 is 77.2 Å². The summed E-state index contributed by atoms with van der Waals surface area (Å²) in [6, 6.07) is 39.8. The zero-order chi connectivity index (χ0) is 46.6. The summed E-state index contributed by atoms with van der Waals surface area (Å²) in [7, 11) is 0. The van der Waals surface area contributed by atoms with Crippen LogP contribution >= 0.6 is 0 Å². The number of benzene rings is 8. The van der Waals surface area contributed by atoms with Crippen molar-refractivity contribution in [1.82, 2.24) is 4.57 Å². The van der Waals surface area contributed by atoms with Crippen LogP contribution in [-0.2, 0) is 6.42 Å². The number of para-hydroxylation sites is 2. The average molecular weight is 894 g/mol. The van der Waals surface area contributed by atoms with Crippen LogP contribution < -0.4 is 5.73 Å². The van der Waals surface area contributed by atoms with E-state index in [2.05, 4.69) is 52.0 Å². The molecule has 15 heteroatoms. The van der Waals surface area contributed by atoms with Gasteiger partial charge in [0.2, 0.25) is 34.5 Å². The normalized spacial score (nSPS) is 12.5. The van der Waals surface area contributed by atoms with E-state index in [1.165, 1.54) is 6.08 Å². The van der Waals surface area contributed by atoms with Crippen molar-refractivity contribution in [3.05, 3.63) is 144 Å². The number of rotatable bonds is 7. The van der Waals surface area contributed by atoms with Crippen molar-refractivity contribution in [1.29, 1.82) is 0 Å². The van der Waals surface area contributed by atoms with Crippen LogP contribution in [0.15, 0.2) is 141 Å². The van der Waals surface area contributed by atoms with E-state index in [-0.39, 0.29) is 6.42 Å². The van der Waals surface area contributed by atoms with E-state index >= 15 is 0 Å². The lowest BCUT2D eigenvalue weighted by atomic mass is 9.96. The maximum atomic E-state index is 11.0. The van der Waals surface area contributed by atoms with Gasteiger partial charge in [0, 0.05) is 44.1 Å². The zero-order valence-corrected chi connectivity index (χ0v) is 34.6. The van der Waals surface area contributed by atoms with E-state index in [0.717, 1.165) is 54.8 Å². The van der Waals surface area contributed by atoms with Gasteiger partial charge in [-0.15, -0.1) is 0 Å². The molecule has 0 amide bonds. The summed E-state index contributed by atoms with van der Waals surface area (Å²) in [6.45, 7) is 0. The number of allylic oxidation sites excluding steroid dienone is 1. The number of furan rings is 2. The molecule has 330 valence electrons. The Balaban J connectivity index is 1.04. The molecule has 0 unspecified atom stereocenters. The number of phenols is 10. The number of hydrogen-bond acceptors (Lipinski definition) is 13. The molecular weight excluding hydrogens is 859 g/mol. The van der Waals surface area contributed by atoms with E-state index in [9.17, 15) is 51.1 Å². The van der Waals surface area contributed by atoms with E-state index in [4.69, 9.17) is 14.6 Å². The standard InChI is InChI=1S/C52H35N3O12/c53-52(41-44(58)48(62)51(65)49(63)45(41)59)54-31(40-42(56)46(60)50(64)47(61)43(40)57)19-15-23-7-5-13-35-38(23)30-21-24(16-20-34(30)66-35)26-10-6-14-36-39(26)29-18-17-25(22-37(29)67-36)55-32-11-3-1-8-27(32)28-9-2-4-12-33(28)55/h1-14,16-22,56-65H,15H2,(H2,53,54)/b31-19-. The molecule has 0 saturated heterocycles. The van der Waals surface area contributed by atoms with Crippen LogP contribution in [0, 0.1) is 0 Å². The number of aromatic nitrogens is 1. The predicted molar refractivity (Wildman–Crippen MR) is 253 cm³/mol. The lowest BCUT2D eigenvalue weighted by molar-refractivity contribution is 0.327. The summed E-state index contributed by atoms with van der Waals surface area (Å²) in [6.07, 6.45) is 1.24. The topological polar surface area (TPSA) is 272 Å². The van der Waals surface area contributed by atoms with Gasteiger partial charge < -0.3 is 70.2 Å². The van der Waals surface area contributed by atoms with E-state index in [0.29, 0.717) is 33.3 Å². The van der Waals surface area contributed by atoms with Gasteiger partial charge in [-0.2, -0.15) is 0 Å². The van der Waals surface area contributed by atoms with Gasteiger partial charge >= 0.3 is 0 Å². The minimum Gasteiger partial charge on any atom is -0.504 e. The summed E-state index contributed by atoms with van der Waals surface area (Å²) in [4.78, 5) is 4.15. The quantitative estimate of drug-likeness (QED) is 0.0308. The number of nitrogens with two attached hydrogens (primary N) is 1. The maximum absolute atomic E-state index is 11.0. The van der Waals surface area contributed by atoms with Gasteiger partial charge in [0.05, 0.1) is 22.3 Å². The molecule has 0 aliphatic rings. The molecule has 15 nitrogen and oxygen atoms in total. The molecular formula is C52H35N3O12. The van der Waals surface area contributed by atoms with E-state index in [1.54, 1.807) is 18.2 Å². The Kier molecular flexibility index (Phi) is 8.82.